The molecule has 1 fully saturated rings. The monoisotopic (exact) mass is 625 g/mol. The first-order valence-electron chi connectivity index (χ1n) is 13.1. The number of hydrogen-bond donors (Lipinski definition) is 0. The van der Waals surface area contributed by atoms with Crippen LogP contribution in [0.25, 0.3) is 0 Å². The maximum absolute atomic E-state index is 13.5. The molecule has 1 aromatic rings. The standard InChI is InChI=1S/C28H35NO13S/c1-15(30)29(16(2)31)24-22(39-18(4)33)13-28(27(36)37-7,43-21-11-9-8-10-12-21)42-26(24)25(41-20(6)35)23(40-19(5)34)14-38-17(3)32/h8-12,22-26H,13-14H2,1-7H3/t22-,23+,24+,25+,26+,28+/m0/s1. The molecule has 0 saturated carbocycles. The van der Waals surface area contributed by atoms with Gasteiger partial charge in [0.25, 0.3) is 0 Å². The third kappa shape index (κ3) is 9.51. The van der Waals surface area contributed by atoms with Gasteiger partial charge in [0.1, 0.15) is 24.9 Å². The topological polar surface area (TPSA) is 178 Å². The minimum absolute atomic E-state index is 0.425. The minimum atomic E-state index is -2.02. The van der Waals surface area contributed by atoms with Gasteiger partial charge in [0.05, 0.1) is 7.11 Å². The smallest absolute Gasteiger partial charge is 0.349 e. The Morgan fingerprint density at radius 1 is 0.884 bits per heavy atom. The molecule has 43 heavy (non-hydrogen) atoms. The molecule has 2 rings (SSSR count). The second-order valence-corrected chi connectivity index (χ2v) is 10.9. The summed E-state index contributed by atoms with van der Waals surface area (Å²) in [6.07, 6.45) is -6.84. The fraction of sp³-hybridized carbons (Fsp3) is 0.536. The summed E-state index contributed by atoms with van der Waals surface area (Å²) in [6, 6.07) is 6.96. The number of esters is 5. The predicted molar refractivity (Wildman–Crippen MR) is 147 cm³/mol. The van der Waals surface area contributed by atoms with E-state index in [1.165, 1.54) is 0 Å². The molecule has 0 unspecified atom stereocenters. The average molecular weight is 626 g/mol. The highest BCUT2D eigenvalue weighted by atomic mass is 32.2. The van der Waals surface area contributed by atoms with Gasteiger partial charge in [-0.1, -0.05) is 30.0 Å². The van der Waals surface area contributed by atoms with E-state index < -0.39 is 90.1 Å². The molecule has 14 nitrogen and oxygen atoms in total. The van der Waals surface area contributed by atoms with Gasteiger partial charge in [-0.25, -0.2) is 4.79 Å². The Kier molecular flexibility index (Phi) is 12.7. The number of amides is 2. The fourth-order valence-electron chi connectivity index (χ4n) is 4.70. The highest BCUT2D eigenvalue weighted by molar-refractivity contribution is 8.01. The van der Waals surface area contributed by atoms with Crippen LogP contribution in [0.1, 0.15) is 48.0 Å². The van der Waals surface area contributed by atoms with Gasteiger partial charge in [-0.2, -0.15) is 0 Å². The number of benzene rings is 1. The van der Waals surface area contributed by atoms with Crippen molar-refractivity contribution in [1.82, 2.24) is 4.90 Å². The van der Waals surface area contributed by atoms with Crippen molar-refractivity contribution in [2.24, 2.45) is 0 Å². The summed E-state index contributed by atoms with van der Waals surface area (Å²) < 4.78 is 33.1. The van der Waals surface area contributed by atoms with Crippen LogP contribution in [0.4, 0.5) is 0 Å². The Hall–Kier alpha value is -3.98. The Morgan fingerprint density at radius 3 is 1.93 bits per heavy atom. The number of methoxy groups -OCH3 is 1. The van der Waals surface area contributed by atoms with Crippen molar-refractivity contribution in [3.05, 3.63) is 30.3 Å². The third-order valence-corrected chi connectivity index (χ3v) is 7.36. The highest BCUT2D eigenvalue weighted by Crippen LogP contribution is 2.47. The van der Waals surface area contributed by atoms with Gasteiger partial charge in [0.2, 0.25) is 16.7 Å². The number of hydrogen-bond acceptors (Lipinski definition) is 14. The van der Waals surface area contributed by atoms with Crippen LogP contribution >= 0.6 is 11.8 Å². The zero-order valence-corrected chi connectivity index (χ0v) is 25.7. The summed E-state index contributed by atoms with van der Waals surface area (Å²) in [4.78, 5) is 87.0. The van der Waals surface area contributed by atoms with Crippen LogP contribution in [0.15, 0.2) is 35.2 Å². The summed E-state index contributed by atoms with van der Waals surface area (Å²) in [7, 11) is 1.10. The van der Waals surface area contributed by atoms with Crippen molar-refractivity contribution in [1.29, 1.82) is 0 Å². The molecule has 1 heterocycles. The molecule has 0 radical (unpaired) electrons. The zero-order valence-electron chi connectivity index (χ0n) is 24.9. The first-order valence-corrected chi connectivity index (χ1v) is 13.9. The zero-order chi connectivity index (χ0) is 32.5. The van der Waals surface area contributed by atoms with E-state index in [0.29, 0.717) is 4.90 Å². The van der Waals surface area contributed by atoms with E-state index >= 15 is 0 Å². The van der Waals surface area contributed by atoms with E-state index in [4.69, 9.17) is 28.4 Å². The fourth-order valence-corrected chi connectivity index (χ4v) is 5.95. The quantitative estimate of drug-likeness (QED) is 0.255. The normalized spacial score (nSPS) is 22.6. The molecule has 236 valence electrons. The lowest BCUT2D eigenvalue weighted by molar-refractivity contribution is -0.233. The van der Waals surface area contributed by atoms with E-state index in [1.54, 1.807) is 30.3 Å². The second kappa shape index (κ2) is 15.5. The lowest BCUT2D eigenvalue weighted by atomic mass is 9.88. The lowest BCUT2D eigenvalue weighted by Crippen LogP contribution is -2.69. The molecule has 0 spiro atoms. The predicted octanol–water partition coefficient (Wildman–Crippen LogP) is 1.56. The van der Waals surface area contributed by atoms with Gasteiger partial charge in [-0.15, -0.1) is 0 Å². The Bertz CT molecular complexity index is 1210. The molecule has 1 aliphatic heterocycles. The van der Waals surface area contributed by atoms with Crippen molar-refractivity contribution in [2.45, 2.75) is 88.2 Å². The molecular formula is C28H35NO13S. The molecule has 2 amide bonds. The molecule has 0 aliphatic carbocycles. The van der Waals surface area contributed by atoms with E-state index in [9.17, 15) is 33.6 Å². The Labute approximate surface area is 252 Å². The minimum Gasteiger partial charge on any atom is -0.466 e. The largest absolute Gasteiger partial charge is 0.466 e. The van der Waals surface area contributed by atoms with E-state index in [0.717, 1.165) is 65.3 Å². The third-order valence-electron chi connectivity index (χ3n) is 6.09. The SMILES string of the molecule is COC(=O)[C@]1(Sc2ccccc2)C[C@H](OC(C)=O)[C@@H](N(C(C)=O)C(C)=O)[C@H]([C@H](OC(C)=O)[C@@H](COC(C)=O)OC(C)=O)O1. The van der Waals surface area contributed by atoms with Gasteiger partial charge in [0, 0.05) is 52.9 Å². The summed E-state index contributed by atoms with van der Waals surface area (Å²) in [5.41, 5.74) is 0. The summed E-state index contributed by atoms with van der Waals surface area (Å²) in [6.45, 7) is 5.77. The Morgan fingerprint density at radius 2 is 1.47 bits per heavy atom. The lowest BCUT2D eigenvalue weighted by Gasteiger charge is -2.50. The summed E-state index contributed by atoms with van der Waals surface area (Å²) in [5.74, 6) is -5.92. The van der Waals surface area contributed by atoms with Crippen LogP contribution in [-0.2, 0) is 62.0 Å². The molecular weight excluding hydrogens is 590 g/mol. The van der Waals surface area contributed by atoms with Crippen molar-refractivity contribution in [3.63, 3.8) is 0 Å². The van der Waals surface area contributed by atoms with Crippen LogP contribution in [0.3, 0.4) is 0 Å². The van der Waals surface area contributed by atoms with Crippen LogP contribution in [0, 0.1) is 0 Å². The number of imide groups is 1. The van der Waals surface area contributed by atoms with E-state index in [1.807, 2.05) is 0 Å². The van der Waals surface area contributed by atoms with E-state index in [2.05, 4.69) is 0 Å². The first kappa shape index (κ1) is 35.2. The molecule has 0 N–H and O–H groups in total. The van der Waals surface area contributed by atoms with Gasteiger partial charge < -0.3 is 28.4 Å². The highest BCUT2D eigenvalue weighted by Gasteiger charge is 2.60. The molecule has 1 saturated heterocycles. The molecule has 0 aromatic heterocycles. The number of nitrogens with zero attached hydrogens (tertiary/aromatic N) is 1. The first-order chi connectivity index (χ1) is 20.1. The van der Waals surface area contributed by atoms with Gasteiger partial charge in [-0.3, -0.25) is 33.7 Å². The van der Waals surface area contributed by atoms with Crippen LogP contribution < -0.4 is 0 Å². The maximum Gasteiger partial charge on any atom is 0.349 e. The molecule has 1 aromatic carbocycles. The van der Waals surface area contributed by atoms with Gasteiger partial charge in [0.15, 0.2) is 12.2 Å². The van der Waals surface area contributed by atoms with E-state index in [-0.39, 0.29) is 0 Å². The van der Waals surface area contributed by atoms with Crippen molar-refractivity contribution in [2.75, 3.05) is 13.7 Å². The average Bonchev–Trinajstić information content (AvgIpc) is 2.90. The number of thioether (sulfide) groups is 1. The number of carbonyl (C=O) groups is 7. The van der Waals surface area contributed by atoms with Gasteiger partial charge >= 0.3 is 29.8 Å². The molecule has 0 bridgehead atoms. The van der Waals surface area contributed by atoms with Gasteiger partial charge in [-0.05, 0) is 12.1 Å². The van der Waals surface area contributed by atoms with Crippen molar-refractivity contribution < 1.29 is 62.0 Å². The number of ether oxygens (including phenoxy) is 6. The Balaban J connectivity index is 2.92. The maximum atomic E-state index is 13.5. The second-order valence-electron chi connectivity index (χ2n) is 9.52. The summed E-state index contributed by atoms with van der Waals surface area (Å²) in [5, 5.41) is 0. The van der Waals surface area contributed by atoms with Crippen LogP contribution in [-0.4, -0.2) is 95.7 Å². The number of rotatable bonds is 11. The van der Waals surface area contributed by atoms with Crippen LogP contribution in [0.5, 0.6) is 0 Å². The van der Waals surface area contributed by atoms with Crippen molar-refractivity contribution >= 4 is 53.4 Å². The molecule has 6 atom stereocenters. The van der Waals surface area contributed by atoms with Crippen LogP contribution in [0.2, 0.25) is 0 Å². The number of carbonyl (C=O) groups excluding carboxylic acids is 7. The summed E-state index contributed by atoms with van der Waals surface area (Å²) >= 11 is 0.880. The van der Waals surface area contributed by atoms with Crippen molar-refractivity contribution in [3.8, 4) is 0 Å². The molecule has 15 heteroatoms. The molecule has 1 aliphatic rings.